The molecule has 0 heterocycles. The minimum atomic E-state index is 0.451. The molecule has 3 saturated carbocycles. The molecule has 0 aromatic carbocycles. The van der Waals surface area contributed by atoms with Gasteiger partial charge in [0.2, 0.25) is 0 Å². The molecule has 8 atom stereocenters. The Morgan fingerprint density at radius 3 is 2.52 bits per heavy atom. The van der Waals surface area contributed by atoms with Crippen LogP contribution in [0.15, 0.2) is 11.6 Å². The number of rotatable bonds is 9. The van der Waals surface area contributed by atoms with Crippen LogP contribution in [0.25, 0.3) is 0 Å². The van der Waals surface area contributed by atoms with Crippen molar-refractivity contribution in [3.8, 4) is 0 Å². The van der Waals surface area contributed by atoms with E-state index < -0.39 is 0 Å². The van der Waals surface area contributed by atoms with Crippen LogP contribution in [-0.4, -0.2) is 38.3 Å². The first kappa shape index (κ1) is 25.7. The SMILES string of the molecule is CC(C)CCC[C@@H](C)[C@H]1CC[C@H]2C3CC=C4C[C@@H](OCCN(C)C)CCC4(C)[C@H]3CCC12C. The summed E-state index contributed by atoms with van der Waals surface area (Å²) >= 11 is 0. The molecule has 190 valence electrons. The molecule has 0 bridgehead atoms. The van der Waals surface area contributed by atoms with Crippen LogP contribution in [0.5, 0.6) is 0 Å². The van der Waals surface area contributed by atoms with Crippen LogP contribution in [0.3, 0.4) is 0 Å². The van der Waals surface area contributed by atoms with Crippen molar-refractivity contribution >= 4 is 0 Å². The van der Waals surface area contributed by atoms with Gasteiger partial charge in [-0.25, -0.2) is 0 Å². The summed E-state index contributed by atoms with van der Waals surface area (Å²) in [5.41, 5.74) is 2.82. The number of allylic oxidation sites excluding steroid dienone is 1. The molecule has 0 saturated heterocycles. The maximum absolute atomic E-state index is 6.31. The molecule has 0 radical (unpaired) electrons. The first-order valence-corrected chi connectivity index (χ1v) is 14.6. The van der Waals surface area contributed by atoms with Gasteiger partial charge in [-0.05, 0) is 112 Å². The van der Waals surface area contributed by atoms with Gasteiger partial charge < -0.3 is 9.64 Å². The summed E-state index contributed by atoms with van der Waals surface area (Å²) in [6.45, 7) is 14.7. The molecule has 4 rings (SSSR count). The normalized spacial score (nSPS) is 41.5. The molecule has 0 spiro atoms. The van der Waals surface area contributed by atoms with E-state index >= 15 is 0 Å². The first-order chi connectivity index (χ1) is 15.6. The van der Waals surface area contributed by atoms with Gasteiger partial charge in [0.1, 0.15) is 0 Å². The number of fused-ring (bicyclic) bond motifs is 5. The number of hydrogen-bond acceptors (Lipinski definition) is 2. The van der Waals surface area contributed by atoms with Crippen molar-refractivity contribution in [2.75, 3.05) is 27.2 Å². The van der Waals surface area contributed by atoms with Crippen LogP contribution in [0.1, 0.15) is 105 Å². The molecule has 0 aliphatic heterocycles. The highest BCUT2D eigenvalue weighted by molar-refractivity contribution is 5.25. The van der Waals surface area contributed by atoms with Crippen molar-refractivity contribution in [2.24, 2.45) is 46.3 Å². The second-order valence-corrected chi connectivity index (χ2v) is 13.8. The van der Waals surface area contributed by atoms with Gasteiger partial charge in [0.15, 0.2) is 0 Å². The smallest absolute Gasteiger partial charge is 0.0613 e. The van der Waals surface area contributed by atoms with E-state index in [1.54, 1.807) is 5.57 Å². The molecule has 33 heavy (non-hydrogen) atoms. The van der Waals surface area contributed by atoms with Crippen LogP contribution in [0.2, 0.25) is 0 Å². The zero-order valence-corrected chi connectivity index (χ0v) is 23.2. The van der Waals surface area contributed by atoms with E-state index in [9.17, 15) is 0 Å². The zero-order chi connectivity index (χ0) is 23.8. The Labute approximate surface area is 206 Å². The van der Waals surface area contributed by atoms with Crippen molar-refractivity contribution in [3.63, 3.8) is 0 Å². The number of hydrogen-bond donors (Lipinski definition) is 0. The molecule has 4 aliphatic rings. The second kappa shape index (κ2) is 10.3. The predicted octanol–water partition coefficient (Wildman–Crippen LogP) is 7.97. The Bertz CT molecular complexity index is 682. The highest BCUT2D eigenvalue weighted by atomic mass is 16.5. The van der Waals surface area contributed by atoms with Gasteiger partial charge in [0, 0.05) is 6.54 Å². The van der Waals surface area contributed by atoms with Crippen LogP contribution >= 0.6 is 0 Å². The molecular weight excluding hydrogens is 402 g/mol. The van der Waals surface area contributed by atoms with Gasteiger partial charge in [-0.2, -0.15) is 0 Å². The fraction of sp³-hybridized carbons (Fsp3) is 0.935. The van der Waals surface area contributed by atoms with Crippen LogP contribution in [-0.2, 0) is 4.74 Å². The Morgan fingerprint density at radius 1 is 1.00 bits per heavy atom. The average Bonchev–Trinajstić information content (AvgIpc) is 3.10. The van der Waals surface area contributed by atoms with Gasteiger partial charge in [-0.1, -0.05) is 65.5 Å². The third kappa shape index (κ3) is 5.13. The quantitative estimate of drug-likeness (QED) is 0.325. The molecule has 0 aromatic heterocycles. The topological polar surface area (TPSA) is 12.5 Å². The molecular formula is C31H55NO. The Hall–Kier alpha value is -0.340. The van der Waals surface area contributed by atoms with Crippen molar-refractivity contribution in [2.45, 2.75) is 111 Å². The molecule has 2 heteroatoms. The number of likely N-dealkylation sites (N-methyl/N-ethyl adjacent to an activating group) is 1. The maximum atomic E-state index is 6.31. The van der Waals surface area contributed by atoms with Gasteiger partial charge in [-0.3, -0.25) is 0 Å². The average molecular weight is 458 g/mol. The summed E-state index contributed by atoms with van der Waals surface area (Å²) in [7, 11) is 4.28. The molecule has 0 N–H and O–H groups in total. The summed E-state index contributed by atoms with van der Waals surface area (Å²) in [6.07, 6.45) is 18.6. The van der Waals surface area contributed by atoms with Crippen LogP contribution < -0.4 is 0 Å². The van der Waals surface area contributed by atoms with Gasteiger partial charge in [0.05, 0.1) is 12.7 Å². The van der Waals surface area contributed by atoms with E-state index in [0.29, 0.717) is 16.9 Å². The Morgan fingerprint density at radius 2 is 1.79 bits per heavy atom. The molecule has 3 fully saturated rings. The van der Waals surface area contributed by atoms with Crippen molar-refractivity contribution in [3.05, 3.63) is 11.6 Å². The van der Waals surface area contributed by atoms with Gasteiger partial charge in [0.25, 0.3) is 0 Å². The standard InChI is InChI=1S/C31H55NO/c1-22(2)9-8-10-23(3)27-13-14-28-26-12-11-24-21-25(33-20-19-32(6)7)15-17-30(24,4)29(26)16-18-31(27,28)5/h11,22-23,25-29H,8-10,12-21H2,1-7H3/t23-,25+,26?,27-,28+,29+,30?,31?/m1/s1. The summed E-state index contributed by atoms with van der Waals surface area (Å²) in [5, 5.41) is 0. The molecule has 3 unspecified atom stereocenters. The largest absolute Gasteiger partial charge is 0.377 e. The van der Waals surface area contributed by atoms with Gasteiger partial charge in [-0.15, -0.1) is 0 Å². The minimum absolute atomic E-state index is 0.451. The van der Waals surface area contributed by atoms with E-state index in [2.05, 4.69) is 59.7 Å². The zero-order valence-electron chi connectivity index (χ0n) is 23.2. The molecule has 0 amide bonds. The Kier molecular flexibility index (Phi) is 8.06. The summed E-state index contributed by atoms with van der Waals surface area (Å²) in [6, 6.07) is 0. The summed E-state index contributed by atoms with van der Waals surface area (Å²) in [4.78, 5) is 2.23. The Balaban J connectivity index is 1.41. The lowest BCUT2D eigenvalue weighted by Crippen LogP contribution is -2.51. The van der Waals surface area contributed by atoms with E-state index in [4.69, 9.17) is 4.74 Å². The minimum Gasteiger partial charge on any atom is -0.377 e. The summed E-state index contributed by atoms with van der Waals surface area (Å²) in [5.74, 6) is 5.57. The van der Waals surface area contributed by atoms with Crippen molar-refractivity contribution in [1.29, 1.82) is 0 Å². The van der Waals surface area contributed by atoms with E-state index in [0.717, 1.165) is 48.7 Å². The fourth-order valence-electron chi connectivity index (χ4n) is 9.20. The van der Waals surface area contributed by atoms with Crippen LogP contribution in [0, 0.1) is 46.3 Å². The lowest BCUT2D eigenvalue weighted by Gasteiger charge is -2.58. The number of nitrogens with zero attached hydrogens (tertiary/aromatic N) is 1. The second-order valence-electron chi connectivity index (χ2n) is 13.8. The number of ether oxygens (including phenoxy) is 1. The van der Waals surface area contributed by atoms with Crippen molar-refractivity contribution < 1.29 is 4.74 Å². The van der Waals surface area contributed by atoms with Crippen LogP contribution in [0.4, 0.5) is 0 Å². The van der Waals surface area contributed by atoms with Gasteiger partial charge >= 0.3 is 0 Å². The molecule has 4 aliphatic carbocycles. The molecule has 2 nitrogen and oxygen atoms in total. The fourth-order valence-corrected chi connectivity index (χ4v) is 9.20. The summed E-state index contributed by atoms with van der Waals surface area (Å²) < 4.78 is 6.31. The monoisotopic (exact) mass is 457 g/mol. The first-order valence-electron chi connectivity index (χ1n) is 14.6. The third-order valence-electron chi connectivity index (χ3n) is 11.2. The van der Waals surface area contributed by atoms with E-state index in [1.165, 1.54) is 70.6 Å². The highest BCUT2D eigenvalue weighted by Crippen LogP contribution is 2.67. The van der Waals surface area contributed by atoms with E-state index in [-0.39, 0.29) is 0 Å². The third-order valence-corrected chi connectivity index (χ3v) is 11.2. The van der Waals surface area contributed by atoms with Crippen molar-refractivity contribution in [1.82, 2.24) is 4.90 Å². The highest BCUT2D eigenvalue weighted by Gasteiger charge is 2.59. The lowest BCUT2D eigenvalue weighted by molar-refractivity contribution is -0.0644. The molecule has 0 aromatic rings. The maximum Gasteiger partial charge on any atom is 0.0613 e. The van der Waals surface area contributed by atoms with E-state index in [1.807, 2.05) is 0 Å². The predicted molar refractivity (Wildman–Crippen MR) is 141 cm³/mol. The lowest BCUT2D eigenvalue weighted by atomic mass is 9.47.